The molecule has 1 aliphatic heterocycles. The Morgan fingerprint density at radius 3 is 2.68 bits per heavy atom. The lowest BCUT2D eigenvalue weighted by molar-refractivity contribution is 0.171. The molecule has 0 fully saturated rings. The zero-order valence-corrected chi connectivity index (χ0v) is 13.5. The van der Waals surface area contributed by atoms with Gasteiger partial charge in [0, 0.05) is 18.3 Å². The maximum atomic E-state index is 5.58. The van der Waals surface area contributed by atoms with Crippen LogP contribution in [0.25, 0.3) is 0 Å². The summed E-state index contributed by atoms with van der Waals surface area (Å²) in [6.45, 7) is 1.79. The first-order valence-electron chi connectivity index (χ1n) is 8.01. The molecule has 2 N–H and O–H groups in total. The van der Waals surface area contributed by atoms with E-state index in [9.17, 15) is 0 Å². The number of anilines is 3. The quantitative estimate of drug-likeness (QED) is 0.742. The van der Waals surface area contributed by atoms with Crippen molar-refractivity contribution in [3.63, 3.8) is 0 Å². The van der Waals surface area contributed by atoms with Crippen molar-refractivity contribution in [3.05, 3.63) is 60.3 Å². The first kappa shape index (κ1) is 15.2. The van der Waals surface area contributed by atoms with Crippen molar-refractivity contribution in [1.29, 1.82) is 0 Å². The van der Waals surface area contributed by atoms with Crippen LogP contribution in [0.3, 0.4) is 0 Å². The Morgan fingerprint density at radius 2 is 1.80 bits per heavy atom. The van der Waals surface area contributed by atoms with Crippen molar-refractivity contribution >= 4 is 17.5 Å². The summed E-state index contributed by atoms with van der Waals surface area (Å²) in [6.07, 6.45) is 1.60. The highest BCUT2D eigenvalue weighted by atomic mass is 16.6. The largest absolute Gasteiger partial charge is 0.486 e. The molecule has 0 unspecified atom stereocenters. The van der Waals surface area contributed by atoms with Gasteiger partial charge in [0.1, 0.15) is 13.2 Å². The number of nitrogens with one attached hydrogen (secondary N) is 2. The molecule has 4 rings (SSSR count). The second-order valence-corrected chi connectivity index (χ2v) is 5.49. The summed E-state index contributed by atoms with van der Waals surface area (Å²) in [5, 5.41) is 14.4. The molecule has 0 atom stereocenters. The summed E-state index contributed by atoms with van der Waals surface area (Å²) in [5.41, 5.74) is 1.98. The van der Waals surface area contributed by atoms with E-state index in [1.165, 1.54) is 5.56 Å². The third kappa shape index (κ3) is 3.77. The van der Waals surface area contributed by atoms with E-state index in [-0.39, 0.29) is 0 Å². The molecule has 7 heteroatoms. The molecule has 2 aromatic carbocycles. The van der Waals surface area contributed by atoms with Crippen LogP contribution in [0.15, 0.2) is 54.7 Å². The van der Waals surface area contributed by atoms with Crippen molar-refractivity contribution in [2.24, 2.45) is 0 Å². The molecule has 3 aromatic rings. The number of fused-ring (bicyclic) bond motifs is 1. The summed E-state index contributed by atoms with van der Waals surface area (Å²) in [5.74, 6) is 2.52. The number of aromatic nitrogens is 3. The average Bonchev–Trinajstić information content (AvgIpc) is 2.67. The third-order valence-electron chi connectivity index (χ3n) is 3.67. The van der Waals surface area contributed by atoms with Crippen molar-refractivity contribution in [1.82, 2.24) is 15.2 Å². The van der Waals surface area contributed by atoms with Crippen LogP contribution in [-0.4, -0.2) is 28.4 Å². The Labute approximate surface area is 145 Å². The van der Waals surface area contributed by atoms with Crippen molar-refractivity contribution in [2.45, 2.75) is 6.54 Å². The van der Waals surface area contributed by atoms with E-state index in [4.69, 9.17) is 9.47 Å². The minimum Gasteiger partial charge on any atom is -0.486 e. The zero-order chi connectivity index (χ0) is 16.9. The summed E-state index contributed by atoms with van der Waals surface area (Å²) in [7, 11) is 0. The van der Waals surface area contributed by atoms with E-state index in [0.29, 0.717) is 37.3 Å². The van der Waals surface area contributed by atoms with Gasteiger partial charge in [-0.1, -0.05) is 30.3 Å². The van der Waals surface area contributed by atoms with E-state index in [2.05, 4.69) is 37.9 Å². The Hall–Kier alpha value is -3.35. The second kappa shape index (κ2) is 7.04. The molecular weight excluding hydrogens is 318 g/mol. The molecule has 25 heavy (non-hydrogen) atoms. The summed E-state index contributed by atoms with van der Waals surface area (Å²) < 4.78 is 11.1. The third-order valence-corrected chi connectivity index (χ3v) is 3.67. The van der Waals surface area contributed by atoms with Crippen molar-refractivity contribution in [3.8, 4) is 11.5 Å². The van der Waals surface area contributed by atoms with Gasteiger partial charge in [-0.25, -0.2) is 0 Å². The van der Waals surface area contributed by atoms with Gasteiger partial charge in [-0.05, 0) is 17.7 Å². The van der Waals surface area contributed by atoms with Crippen LogP contribution in [0.1, 0.15) is 5.56 Å². The monoisotopic (exact) mass is 335 g/mol. The zero-order valence-electron chi connectivity index (χ0n) is 13.5. The molecule has 7 nitrogen and oxygen atoms in total. The van der Waals surface area contributed by atoms with Crippen LogP contribution in [0.5, 0.6) is 11.5 Å². The summed E-state index contributed by atoms with van der Waals surface area (Å²) in [6, 6.07) is 15.7. The molecule has 1 aromatic heterocycles. The molecular formula is C18H17N5O2. The maximum absolute atomic E-state index is 5.58. The molecule has 0 bridgehead atoms. The van der Waals surface area contributed by atoms with Crippen LogP contribution in [0.2, 0.25) is 0 Å². The highest BCUT2D eigenvalue weighted by Gasteiger charge is 2.12. The molecule has 0 saturated carbocycles. The van der Waals surface area contributed by atoms with Gasteiger partial charge in [-0.2, -0.15) is 10.1 Å². The van der Waals surface area contributed by atoms with Gasteiger partial charge >= 0.3 is 0 Å². The number of hydrogen-bond acceptors (Lipinski definition) is 7. The lowest BCUT2D eigenvalue weighted by Gasteiger charge is -2.19. The van der Waals surface area contributed by atoms with Gasteiger partial charge in [-0.15, -0.1) is 5.10 Å². The van der Waals surface area contributed by atoms with Gasteiger partial charge < -0.3 is 20.1 Å². The predicted octanol–water partition coefficient (Wildman–Crippen LogP) is 3.00. The van der Waals surface area contributed by atoms with E-state index < -0.39 is 0 Å². The smallest absolute Gasteiger partial charge is 0.249 e. The molecule has 0 radical (unpaired) electrons. The maximum Gasteiger partial charge on any atom is 0.249 e. The van der Waals surface area contributed by atoms with E-state index >= 15 is 0 Å². The fourth-order valence-corrected chi connectivity index (χ4v) is 2.48. The summed E-state index contributed by atoms with van der Waals surface area (Å²) in [4.78, 5) is 4.43. The molecule has 0 spiro atoms. The first-order valence-corrected chi connectivity index (χ1v) is 8.01. The summed E-state index contributed by atoms with van der Waals surface area (Å²) >= 11 is 0. The number of nitrogens with zero attached hydrogens (tertiary/aromatic N) is 3. The van der Waals surface area contributed by atoms with E-state index in [1.807, 2.05) is 36.4 Å². The number of ether oxygens (including phenoxy) is 2. The second-order valence-electron chi connectivity index (χ2n) is 5.49. The molecule has 0 saturated heterocycles. The van der Waals surface area contributed by atoms with Crippen molar-refractivity contribution < 1.29 is 9.47 Å². The van der Waals surface area contributed by atoms with E-state index in [1.54, 1.807) is 6.20 Å². The van der Waals surface area contributed by atoms with E-state index in [0.717, 1.165) is 11.4 Å². The SMILES string of the molecule is c1ccc(CNc2cnnc(Nc3ccc4c(c3)OCCO4)n2)cc1. The van der Waals surface area contributed by atoms with Crippen LogP contribution < -0.4 is 20.1 Å². The van der Waals surface area contributed by atoms with Crippen LogP contribution >= 0.6 is 0 Å². The van der Waals surface area contributed by atoms with Gasteiger partial charge in [0.2, 0.25) is 5.95 Å². The first-order chi connectivity index (χ1) is 12.4. The molecule has 0 amide bonds. The van der Waals surface area contributed by atoms with Crippen LogP contribution in [0.4, 0.5) is 17.5 Å². The Morgan fingerprint density at radius 1 is 0.960 bits per heavy atom. The molecule has 1 aliphatic rings. The lowest BCUT2D eigenvalue weighted by atomic mass is 10.2. The predicted molar refractivity (Wildman–Crippen MR) is 94.3 cm³/mol. The Balaban J connectivity index is 1.44. The molecule has 126 valence electrons. The standard InChI is InChI=1S/C18H17N5O2/c1-2-4-13(5-3-1)11-19-17-12-20-23-18(22-17)21-14-6-7-15-16(10-14)25-9-8-24-15/h1-7,10,12H,8-9,11H2,(H2,19,21,22,23). The molecule has 2 heterocycles. The topological polar surface area (TPSA) is 81.2 Å². The lowest BCUT2D eigenvalue weighted by Crippen LogP contribution is -2.15. The minimum atomic E-state index is 0.412. The van der Waals surface area contributed by atoms with Crippen molar-refractivity contribution in [2.75, 3.05) is 23.8 Å². The van der Waals surface area contributed by atoms with Crippen LogP contribution in [-0.2, 0) is 6.54 Å². The fraction of sp³-hybridized carbons (Fsp3) is 0.167. The molecule has 0 aliphatic carbocycles. The number of hydrogen-bond donors (Lipinski definition) is 2. The Bertz CT molecular complexity index is 857. The number of rotatable bonds is 5. The van der Waals surface area contributed by atoms with Crippen LogP contribution in [0, 0.1) is 0 Å². The van der Waals surface area contributed by atoms with Gasteiger partial charge in [0.05, 0.1) is 6.20 Å². The average molecular weight is 335 g/mol. The van der Waals surface area contributed by atoms with Gasteiger partial charge in [0.25, 0.3) is 0 Å². The van der Waals surface area contributed by atoms with Gasteiger partial charge in [-0.3, -0.25) is 0 Å². The Kier molecular flexibility index (Phi) is 4.28. The normalized spacial score (nSPS) is 12.5. The highest BCUT2D eigenvalue weighted by Crippen LogP contribution is 2.33. The fourth-order valence-electron chi connectivity index (χ4n) is 2.48. The highest BCUT2D eigenvalue weighted by molar-refractivity contribution is 5.60. The van der Waals surface area contributed by atoms with Gasteiger partial charge in [0.15, 0.2) is 17.3 Å². The minimum absolute atomic E-state index is 0.412. The number of benzene rings is 2.